The summed E-state index contributed by atoms with van der Waals surface area (Å²) < 4.78 is 23.8. The van der Waals surface area contributed by atoms with E-state index >= 15 is 0 Å². The summed E-state index contributed by atoms with van der Waals surface area (Å²) in [5.74, 6) is -0.0815. The number of piperazine rings is 1. The monoisotopic (exact) mass is 450 g/mol. The van der Waals surface area contributed by atoms with Gasteiger partial charge in [-0.1, -0.05) is 23.7 Å². The van der Waals surface area contributed by atoms with E-state index in [2.05, 4.69) is 9.80 Å². The summed E-state index contributed by atoms with van der Waals surface area (Å²) in [4.78, 5) is 16.9. The Balaban J connectivity index is 1.51. The molecule has 0 aromatic heterocycles. The number of halogens is 2. The maximum absolute atomic E-state index is 13.0. The SMILES string of the molecule is CCOC(=O)[C@@H](c1ccc(Cl)cc1)N1CCN(C[C@H](O)COc2ccc(F)cc2)CC1. The van der Waals surface area contributed by atoms with Crippen molar-refractivity contribution in [2.24, 2.45) is 0 Å². The van der Waals surface area contributed by atoms with Gasteiger partial charge in [0, 0.05) is 37.7 Å². The molecule has 0 bridgehead atoms. The minimum atomic E-state index is -0.672. The molecule has 1 N–H and O–H groups in total. The Morgan fingerprint density at radius 3 is 2.35 bits per heavy atom. The average molecular weight is 451 g/mol. The molecule has 2 aromatic rings. The highest BCUT2D eigenvalue weighted by atomic mass is 35.5. The number of aliphatic hydroxyl groups is 1. The van der Waals surface area contributed by atoms with Gasteiger partial charge in [0.1, 0.15) is 30.3 Å². The van der Waals surface area contributed by atoms with Crippen LogP contribution in [-0.4, -0.2) is 72.9 Å². The van der Waals surface area contributed by atoms with Crippen LogP contribution in [0.25, 0.3) is 0 Å². The molecule has 1 fully saturated rings. The zero-order valence-corrected chi connectivity index (χ0v) is 18.3. The van der Waals surface area contributed by atoms with Crippen molar-refractivity contribution in [3.8, 4) is 5.75 Å². The van der Waals surface area contributed by atoms with Gasteiger partial charge in [-0.2, -0.15) is 0 Å². The van der Waals surface area contributed by atoms with E-state index in [1.54, 1.807) is 19.1 Å². The lowest BCUT2D eigenvalue weighted by Gasteiger charge is -2.39. The molecule has 2 aromatic carbocycles. The molecule has 2 atom stereocenters. The first-order valence-corrected chi connectivity index (χ1v) is 10.8. The summed E-state index contributed by atoms with van der Waals surface area (Å²) in [6, 6.07) is 12.5. The number of benzene rings is 2. The highest BCUT2D eigenvalue weighted by Crippen LogP contribution is 2.25. The molecule has 0 unspecified atom stereocenters. The molecule has 1 aliphatic heterocycles. The smallest absolute Gasteiger partial charge is 0.328 e. The van der Waals surface area contributed by atoms with E-state index in [0.717, 1.165) is 5.56 Å². The Labute approximate surface area is 187 Å². The van der Waals surface area contributed by atoms with Crippen molar-refractivity contribution in [2.45, 2.75) is 19.1 Å². The third-order valence-corrected chi connectivity index (χ3v) is 5.44. The summed E-state index contributed by atoms with van der Waals surface area (Å²) in [5, 5.41) is 10.9. The lowest BCUT2D eigenvalue weighted by molar-refractivity contribution is -0.150. The molecule has 1 aliphatic rings. The lowest BCUT2D eigenvalue weighted by atomic mass is 10.0. The van der Waals surface area contributed by atoms with E-state index in [9.17, 15) is 14.3 Å². The van der Waals surface area contributed by atoms with Crippen LogP contribution in [-0.2, 0) is 9.53 Å². The van der Waals surface area contributed by atoms with Crippen molar-refractivity contribution in [1.29, 1.82) is 0 Å². The van der Waals surface area contributed by atoms with Crippen LogP contribution in [0.1, 0.15) is 18.5 Å². The fourth-order valence-corrected chi connectivity index (χ4v) is 3.77. The molecular formula is C23H28ClFN2O4. The van der Waals surface area contributed by atoms with Crippen molar-refractivity contribution < 1.29 is 23.8 Å². The Morgan fingerprint density at radius 2 is 1.74 bits per heavy atom. The van der Waals surface area contributed by atoms with Gasteiger partial charge in [-0.05, 0) is 48.9 Å². The molecule has 3 rings (SSSR count). The molecule has 1 saturated heterocycles. The van der Waals surface area contributed by atoms with Crippen LogP contribution in [0, 0.1) is 5.82 Å². The van der Waals surface area contributed by atoms with Gasteiger partial charge in [0.25, 0.3) is 0 Å². The first kappa shape index (κ1) is 23.5. The number of carbonyl (C=O) groups is 1. The van der Waals surface area contributed by atoms with Crippen molar-refractivity contribution in [3.05, 3.63) is 64.9 Å². The Kier molecular flexibility index (Phi) is 8.66. The molecular weight excluding hydrogens is 423 g/mol. The number of hydrogen-bond donors (Lipinski definition) is 1. The maximum Gasteiger partial charge on any atom is 0.328 e. The number of nitrogens with zero attached hydrogens (tertiary/aromatic N) is 2. The highest BCUT2D eigenvalue weighted by molar-refractivity contribution is 6.30. The molecule has 0 spiro atoms. The van der Waals surface area contributed by atoms with Crippen LogP contribution >= 0.6 is 11.6 Å². The predicted octanol–water partition coefficient (Wildman–Crippen LogP) is 3.14. The van der Waals surface area contributed by atoms with Crippen molar-refractivity contribution in [2.75, 3.05) is 45.9 Å². The minimum absolute atomic E-state index is 0.127. The topological polar surface area (TPSA) is 62.2 Å². The average Bonchev–Trinajstić information content (AvgIpc) is 2.76. The third kappa shape index (κ3) is 6.90. The van der Waals surface area contributed by atoms with Crippen molar-refractivity contribution in [3.63, 3.8) is 0 Å². The van der Waals surface area contributed by atoms with E-state index in [1.807, 2.05) is 12.1 Å². The van der Waals surface area contributed by atoms with Gasteiger partial charge < -0.3 is 14.6 Å². The van der Waals surface area contributed by atoms with Crippen LogP contribution in [0.4, 0.5) is 4.39 Å². The van der Waals surface area contributed by atoms with Crippen LogP contribution < -0.4 is 4.74 Å². The Morgan fingerprint density at radius 1 is 1.10 bits per heavy atom. The molecule has 0 aliphatic carbocycles. The summed E-state index contributed by atoms with van der Waals surface area (Å²) >= 11 is 6.00. The van der Waals surface area contributed by atoms with E-state index in [-0.39, 0.29) is 18.4 Å². The molecule has 31 heavy (non-hydrogen) atoms. The number of aliphatic hydroxyl groups excluding tert-OH is 1. The van der Waals surface area contributed by atoms with E-state index in [0.29, 0.717) is 50.1 Å². The highest BCUT2D eigenvalue weighted by Gasteiger charge is 2.32. The molecule has 8 heteroatoms. The van der Waals surface area contributed by atoms with Crippen LogP contribution in [0.5, 0.6) is 5.75 Å². The zero-order chi connectivity index (χ0) is 22.2. The summed E-state index contributed by atoms with van der Waals surface area (Å²) in [6.45, 7) is 5.44. The first-order chi connectivity index (χ1) is 15.0. The van der Waals surface area contributed by atoms with E-state index in [1.165, 1.54) is 24.3 Å². The fourth-order valence-electron chi connectivity index (χ4n) is 3.64. The molecule has 168 valence electrons. The number of hydrogen-bond acceptors (Lipinski definition) is 6. The van der Waals surface area contributed by atoms with Crippen LogP contribution in [0.3, 0.4) is 0 Å². The van der Waals surface area contributed by atoms with Gasteiger partial charge in [0.05, 0.1) is 6.61 Å². The van der Waals surface area contributed by atoms with Gasteiger partial charge in [-0.25, -0.2) is 9.18 Å². The Bertz CT molecular complexity index is 826. The van der Waals surface area contributed by atoms with Gasteiger partial charge in [0.2, 0.25) is 0 Å². The summed E-state index contributed by atoms with van der Waals surface area (Å²) in [5.41, 5.74) is 0.851. The number of rotatable bonds is 9. The molecule has 0 saturated carbocycles. The number of ether oxygens (including phenoxy) is 2. The number of β-amino-alcohol motifs (C(OH)–C–C–N with tert-alkyl or cyclic N) is 1. The van der Waals surface area contributed by atoms with Crippen LogP contribution in [0.2, 0.25) is 5.02 Å². The zero-order valence-electron chi connectivity index (χ0n) is 17.5. The second-order valence-corrected chi connectivity index (χ2v) is 7.90. The normalized spacial score (nSPS) is 17.2. The quantitative estimate of drug-likeness (QED) is 0.592. The van der Waals surface area contributed by atoms with Gasteiger partial charge in [0.15, 0.2) is 0 Å². The maximum atomic E-state index is 13.0. The lowest BCUT2D eigenvalue weighted by Crippen LogP contribution is -2.51. The standard InChI is InChI=1S/C23H28ClFN2O4/c1-2-30-23(29)22(17-3-5-18(24)6-4-17)27-13-11-26(12-14-27)15-20(28)16-31-21-9-7-19(25)8-10-21/h3-10,20,22,28H,2,11-16H2,1H3/t20-,22+/m0/s1. The van der Waals surface area contributed by atoms with E-state index < -0.39 is 12.1 Å². The largest absolute Gasteiger partial charge is 0.491 e. The molecule has 0 radical (unpaired) electrons. The number of carbonyl (C=O) groups excluding carboxylic acids is 1. The second kappa shape index (κ2) is 11.4. The molecule has 6 nitrogen and oxygen atoms in total. The Hall–Kier alpha value is -2.19. The molecule has 0 amide bonds. The van der Waals surface area contributed by atoms with Gasteiger partial charge in [-0.15, -0.1) is 0 Å². The second-order valence-electron chi connectivity index (χ2n) is 7.46. The van der Waals surface area contributed by atoms with Gasteiger partial charge in [-0.3, -0.25) is 9.80 Å². The van der Waals surface area contributed by atoms with Gasteiger partial charge >= 0.3 is 5.97 Å². The van der Waals surface area contributed by atoms with E-state index in [4.69, 9.17) is 21.1 Å². The third-order valence-electron chi connectivity index (χ3n) is 5.19. The van der Waals surface area contributed by atoms with Crippen molar-refractivity contribution >= 4 is 17.6 Å². The first-order valence-electron chi connectivity index (χ1n) is 10.4. The molecule has 1 heterocycles. The fraction of sp³-hybridized carbons (Fsp3) is 0.435. The van der Waals surface area contributed by atoms with Crippen LogP contribution in [0.15, 0.2) is 48.5 Å². The summed E-state index contributed by atoms with van der Waals surface area (Å²) in [7, 11) is 0. The summed E-state index contributed by atoms with van der Waals surface area (Å²) in [6.07, 6.45) is -0.672. The van der Waals surface area contributed by atoms with Crippen molar-refractivity contribution in [1.82, 2.24) is 9.80 Å². The number of esters is 1. The predicted molar refractivity (Wildman–Crippen MR) is 117 cm³/mol. The minimum Gasteiger partial charge on any atom is -0.491 e.